The van der Waals surface area contributed by atoms with Gasteiger partial charge in [0.25, 0.3) is 5.91 Å². The van der Waals surface area contributed by atoms with E-state index >= 15 is 0 Å². The van der Waals surface area contributed by atoms with Gasteiger partial charge in [0.1, 0.15) is 11.5 Å². The lowest BCUT2D eigenvalue weighted by atomic mass is 10.1. The Bertz CT molecular complexity index is 740. The Morgan fingerprint density at radius 1 is 0.897 bits per heavy atom. The summed E-state index contributed by atoms with van der Waals surface area (Å²) >= 11 is 0. The van der Waals surface area contributed by atoms with Crippen molar-refractivity contribution in [3.63, 3.8) is 0 Å². The lowest BCUT2D eigenvalue weighted by molar-refractivity contribution is -0.123. The van der Waals surface area contributed by atoms with Crippen molar-refractivity contribution >= 4 is 12.1 Å². The number of hydrogen-bond donors (Lipinski definition) is 1. The van der Waals surface area contributed by atoms with Crippen molar-refractivity contribution in [3.8, 4) is 11.5 Å². The van der Waals surface area contributed by atoms with Crippen LogP contribution in [0.25, 0.3) is 0 Å². The summed E-state index contributed by atoms with van der Waals surface area (Å²) in [5, 5.41) is 3.94. The quantitative estimate of drug-likeness (QED) is 0.285. The third-order valence-electron chi connectivity index (χ3n) is 4.44. The number of ether oxygens (including phenoxy) is 2. The molecule has 0 aliphatic heterocycles. The molecule has 0 unspecified atom stereocenters. The molecule has 1 N–H and O–H groups in total. The molecule has 0 aliphatic rings. The first-order chi connectivity index (χ1) is 14.2. The lowest BCUT2D eigenvalue weighted by Crippen LogP contribution is -2.24. The van der Waals surface area contributed by atoms with Crippen LogP contribution in [0.3, 0.4) is 0 Å². The van der Waals surface area contributed by atoms with Gasteiger partial charge in [-0.05, 0) is 43.2 Å². The Morgan fingerprint density at radius 3 is 2.21 bits per heavy atom. The second-order valence-corrected chi connectivity index (χ2v) is 7.08. The van der Waals surface area contributed by atoms with Crippen LogP contribution < -0.4 is 14.9 Å². The molecule has 0 spiro atoms. The van der Waals surface area contributed by atoms with Crippen molar-refractivity contribution in [2.45, 2.75) is 52.4 Å². The van der Waals surface area contributed by atoms with Crippen molar-refractivity contribution in [2.75, 3.05) is 13.2 Å². The lowest BCUT2D eigenvalue weighted by Gasteiger charge is -2.08. The van der Waals surface area contributed by atoms with E-state index in [-0.39, 0.29) is 12.5 Å². The maximum absolute atomic E-state index is 11.8. The van der Waals surface area contributed by atoms with Crippen LogP contribution in [-0.2, 0) is 4.79 Å². The van der Waals surface area contributed by atoms with E-state index in [2.05, 4.69) is 17.5 Å². The second-order valence-electron chi connectivity index (χ2n) is 7.08. The van der Waals surface area contributed by atoms with Crippen molar-refractivity contribution in [3.05, 3.63) is 59.7 Å². The highest BCUT2D eigenvalue weighted by Gasteiger charge is 2.02. The van der Waals surface area contributed by atoms with E-state index in [1.54, 1.807) is 18.3 Å². The van der Waals surface area contributed by atoms with Crippen LogP contribution in [0.5, 0.6) is 11.5 Å². The Kier molecular flexibility index (Phi) is 10.4. The minimum atomic E-state index is -0.309. The highest BCUT2D eigenvalue weighted by molar-refractivity contribution is 5.82. The van der Waals surface area contributed by atoms with E-state index in [1.807, 2.05) is 43.3 Å². The monoisotopic (exact) mass is 396 g/mol. The van der Waals surface area contributed by atoms with Gasteiger partial charge in [0, 0.05) is 0 Å². The van der Waals surface area contributed by atoms with Gasteiger partial charge in [0.15, 0.2) is 6.61 Å². The highest BCUT2D eigenvalue weighted by Crippen LogP contribution is 2.18. The van der Waals surface area contributed by atoms with Gasteiger partial charge in [-0.25, -0.2) is 5.43 Å². The number of nitrogens with one attached hydrogen (secondary N) is 1. The van der Waals surface area contributed by atoms with Crippen LogP contribution in [0.2, 0.25) is 0 Å². The summed E-state index contributed by atoms with van der Waals surface area (Å²) < 4.78 is 11.2. The molecule has 1 amide bonds. The fourth-order valence-corrected chi connectivity index (χ4v) is 2.72. The van der Waals surface area contributed by atoms with E-state index in [0.717, 1.165) is 24.3 Å². The van der Waals surface area contributed by atoms with E-state index < -0.39 is 0 Å². The number of hydrogen-bond acceptors (Lipinski definition) is 4. The van der Waals surface area contributed by atoms with Crippen molar-refractivity contribution in [1.82, 2.24) is 5.43 Å². The molecule has 0 saturated heterocycles. The number of hydrazone groups is 1. The zero-order valence-corrected chi connectivity index (χ0v) is 17.5. The predicted octanol–water partition coefficient (Wildman–Crippen LogP) is 5.26. The molecule has 2 aromatic carbocycles. The standard InChI is InChI=1S/C24H32N2O3/c1-3-4-5-6-7-8-17-28-22-13-15-23(16-14-22)29-19-24(27)26-25-18-21-11-9-20(2)10-12-21/h9-16,18H,3-8,17,19H2,1-2H3,(H,26,27)/b25-18+. The van der Waals surface area contributed by atoms with Crippen LogP contribution in [0.4, 0.5) is 0 Å². The predicted molar refractivity (Wildman–Crippen MR) is 118 cm³/mol. The van der Waals surface area contributed by atoms with Crippen molar-refractivity contribution < 1.29 is 14.3 Å². The summed E-state index contributed by atoms with van der Waals surface area (Å²) in [5.41, 5.74) is 4.56. The summed E-state index contributed by atoms with van der Waals surface area (Å²) in [6, 6.07) is 15.2. The fourth-order valence-electron chi connectivity index (χ4n) is 2.72. The van der Waals surface area contributed by atoms with Gasteiger partial charge in [-0.2, -0.15) is 5.10 Å². The molecule has 0 radical (unpaired) electrons. The number of nitrogens with zero attached hydrogens (tertiary/aromatic N) is 1. The average Bonchev–Trinajstić information content (AvgIpc) is 2.74. The summed E-state index contributed by atoms with van der Waals surface area (Å²) in [7, 11) is 0. The van der Waals surface area contributed by atoms with E-state index in [4.69, 9.17) is 9.47 Å². The minimum absolute atomic E-state index is 0.0940. The maximum atomic E-state index is 11.8. The summed E-state index contributed by atoms with van der Waals surface area (Å²) in [5.74, 6) is 1.13. The molecule has 0 saturated carbocycles. The molecule has 29 heavy (non-hydrogen) atoms. The Balaban J connectivity index is 1.61. The van der Waals surface area contributed by atoms with Gasteiger partial charge in [0.05, 0.1) is 12.8 Å². The van der Waals surface area contributed by atoms with Gasteiger partial charge in [-0.15, -0.1) is 0 Å². The maximum Gasteiger partial charge on any atom is 0.277 e. The van der Waals surface area contributed by atoms with Gasteiger partial charge in [-0.3, -0.25) is 4.79 Å². The summed E-state index contributed by atoms with van der Waals surface area (Å²) in [6.45, 7) is 4.88. The Morgan fingerprint density at radius 2 is 1.52 bits per heavy atom. The average molecular weight is 397 g/mol. The number of carbonyl (C=O) groups is 1. The zero-order valence-electron chi connectivity index (χ0n) is 17.5. The summed E-state index contributed by atoms with van der Waals surface area (Å²) in [6.07, 6.45) is 9.07. The van der Waals surface area contributed by atoms with E-state index in [9.17, 15) is 4.79 Å². The van der Waals surface area contributed by atoms with Crippen LogP contribution in [0, 0.1) is 6.92 Å². The number of unbranched alkanes of at least 4 members (excludes halogenated alkanes) is 5. The molecule has 0 aromatic heterocycles. The first-order valence-corrected chi connectivity index (χ1v) is 10.4. The van der Waals surface area contributed by atoms with Gasteiger partial charge < -0.3 is 9.47 Å². The van der Waals surface area contributed by atoms with Gasteiger partial charge >= 0.3 is 0 Å². The molecule has 0 bridgehead atoms. The molecular formula is C24H32N2O3. The van der Waals surface area contributed by atoms with E-state index in [1.165, 1.54) is 37.7 Å². The highest BCUT2D eigenvalue weighted by atomic mass is 16.5. The second kappa shape index (κ2) is 13.4. The zero-order chi connectivity index (χ0) is 20.7. The first kappa shape index (κ1) is 22.5. The Hall–Kier alpha value is -2.82. The largest absolute Gasteiger partial charge is 0.494 e. The number of amides is 1. The topological polar surface area (TPSA) is 59.9 Å². The molecule has 0 heterocycles. The smallest absolute Gasteiger partial charge is 0.277 e. The normalized spacial score (nSPS) is 10.8. The third-order valence-corrected chi connectivity index (χ3v) is 4.44. The molecule has 0 atom stereocenters. The molecule has 0 aliphatic carbocycles. The van der Waals surface area contributed by atoms with Crippen LogP contribution in [0.1, 0.15) is 56.6 Å². The van der Waals surface area contributed by atoms with Crippen molar-refractivity contribution in [1.29, 1.82) is 0 Å². The summed E-state index contributed by atoms with van der Waals surface area (Å²) in [4.78, 5) is 11.8. The Labute approximate surface area is 174 Å². The molecular weight excluding hydrogens is 364 g/mol. The molecule has 2 aromatic rings. The number of benzene rings is 2. The van der Waals surface area contributed by atoms with Gasteiger partial charge in [0.2, 0.25) is 0 Å². The van der Waals surface area contributed by atoms with E-state index in [0.29, 0.717) is 5.75 Å². The molecule has 156 valence electrons. The first-order valence-electron chi connectivity index (χ1n) is 10.4. The fraction of sp³-hybridized carbons (Fsp3) is 0.417. The van der Waals surface area contributed by atoms with Crippen LogP contribution in [-0.4, -0.2) is 25.3 Å². The van der Waals surface area contributed by atoms with Crippen molar-refractivity contribution in [2.24, 2.45) is 5.10 Å². The minimum Gasteiger partial charge on any atom is -0.494 e. The molecule has 2 rings (SSSR count). The molecule has 5 nitrogen and oxygen atoms in total. The van der Waals surface area contributed by atoms with Crippen LogP contribution >= 0.6 is 0 Å². The van der Waals surface area contributed by atoms with Gasteiger partial charge in [-0.1, -0.05) is 68.9 Å². The SMILES string of the molecule is CCCCCCCCOc1ccc(OCC(=O)N/N=C/c2ccc(C)cc2)cc1. The third kappa shape index (κ3) is 9.79. The number of rotatable bonds is 13. The number of aryl methyl sites for hydroxylation is 1. The number of carbonyl (C=O) groups excluding carboxylic acids is 1. The molecule has 0 fully saturated rings. The molecule has 5 heteroatoms. The van der Waals surface area contributed by atoms with Crippen LogP contribution in [0.15, 0.2) is 53.6 Å².